The summed E-state index contributed by atoms with van der Waals surface area (Å²) in [4.78, 5) is 62.5. The summed E-state index contributed by atoms with van der Waals surface area (Å²) in [6.07, 6.45) is -2.84. The molecule has 4 aromatic heterocycles. The van der Waals surface area contributed by atoms with Gasteiger partial charge in [0.05, 0.1) is 32.0 Å². The van der Waals surface area contributed by atoms with E-state index in [-0.39, 0.29) is 47.1 Å². The summed E-state index contributed by atoms with van der Waals surface area (Å²) in [5.74, 6) is -0.341. The third kappa shape index (κ3) is 6.35. The minimum Gasteiger partial charge on any atom is -0.382 e. The van der Waals surface area contributed by atoms with Crippen LogP contribution in [0.15, 0.2) is 17.4 Å². The zero-order chi connectivity index (χ0) is 31.4. The molecule has 6 atom stereocenters. The van der Waals surface area contributed by atoms with Crippen LogP contribution >= 0.6 is 15.6 Å². The van der Waals surface area contributed by atoms with E-state index < -0.39 is 64.7 Å². The number of nitrogens with zero attached hydrogens (tertiary/aromatic N) is 7. The van der Waals surface area contributed by atoms with Gasteiger partial charge < -0.3 is 35.6 Å². The quantitative estimate of drug-likeness (QED) is 0.0949. The van der Waals surface area contributed by atoms with Crippen LogP contribution < -0.4 is 17.0 Å². The molecule has 4 aromatic rings. The number of hydrogen-bond donors (Lipinski definition) is 6. The van der Waals surface area contributed by atoms with Crippen molar-refractivity contribution >= 4 is 49.7 Å². The summed E-state index contributed by atoms with van der Waals surface area (Å²) in [6, 6.07) is 0. The molecule has 0 aromatic carbocycles. The molecule has 21 nitrogen and oxygen atoms in total. The predicted molar refractivity (Wildman–Crippen MR) is 143 cm³/mol. The Morgan fingerprint density at radius 1 is 0.977 bits per heavy atom. The third-order valence-electron chi connectivity index (χ3n) is 6.86. The molecule has 24 heteroatoms. The van der Waals surface area contributed by atoms with Gasteiger partial charge in [0.25, 0.3) is 5.56 Å². The van der Waals surface area contributed by atoms with Crippen LogP contribution in [0.4, 0.5) is 16.2 Å². The maximum atomic E-state index is 13.8. The number of rotatable bonds is 10. The number of fused-ring (bicyclic) bond motifs is 2. The first-order valence-electron chi connectivity index (χ1n) is 12.8. The number of H-pyrrole nitrogens is 1. The van der Waals surface area contributed by atoms with Gasteiger partial charge in [-0.05, 0) is 12.8 Å². The van der Waals surface area contributed by atoms with E-state index in [2.05, 4.69) is 34.4 Å². The van der Waals surface area contributed by atoms with Gasteiger partial charge in [-0.2, -0.15) is 19.3 Å². The fourth-order valence-corrected chi connectivity index (χ4v) is 6.29. The van der Waals surface area contributed by atoms with Crippen LogP contribution in [0, 0.1) is 6.08 Å². The van der Waals surface area contributed by atoms with Gasteiger partial charge >= 0.3 is 21.7 Å². The van der Waals surface area contributed by atoms with Gasteiger partial charge in [-0.1, -0.05) is 0 Å². The standard InChI is InChI=1S/C20H25FN10O11P2/c21-19-26-15(22)13-16(27-19)31(6-24-13)12-3-9(10(41-12)5-38-43(33,34)35)42-44(36,37)39-4-8-1-2-11(40-8)30-7-25-14-17(30)28-20(23)29-18(14)32/h6-12H,1-5H2,(H,36,37)(H2,22,26,27)(H2,33,34,35)(H3,23,28,29,32)/t8-,9-,10+,11+,12+/m0/s1. The van der Waals surface area contributed by atoms with E-state index in [0.717, 1.165) is 0 Å². The Hall–Kier alpha value is -3.43. The zero-order valence-corrected chi connectivity index (χ0v) is 24.0. The molecule has 0 spiro atoms. The number of anilines is 2. The van der Waals surface area contributed by atoms with E-state index in [1.807, 2.05) is 0 Å². The second-order valence-corrected chi connectivity index (χ2v) is 12.5. The SMILES string of the molecule is Nc1nc2c(ncn2[C@H]2CC[C@@H](COP(=O)(O)O[C@H]3C[C@H](n4cnc5c(N)nc(F)nc54)O[C@@H]3COP(=O)(O)O)O2)c(=O)[nH]1. The van der Waals surface area contributed by atoms with Crippen LogP contribution in [-0.2, 0) is 32.2 Å². The van der Waals surface area contributed by atoms with Crippen LogP contribution in [-0.4, -0.2) is 85.2 Å². The minimum absolute atomic E-state index is 0.0557. The van der Waals surface area contributed by atoms with Gasteiger partial charge in [0, 0.05) is 6.42 Å². The second kappa shape index (κ2) is 11.5. The van der Waals surface area contributed by atoms with E-state index in [1.54, 1.807) is 0 Å². The fraction of sp³-hybridized carbons (Fsp3) is 0.500. The average Bonchev–Trinajstić information content (AvgIpc) is 3.71. The number of halogens is 1. The van der Waals surface area contributed by atoms with Gasteiger partial charge in [0.15, 0.2) is 28.1 Å². The lowest BCUT2D eigenvalue weighted by molar-refractivity contribution is -0.0476. The molecule has 1 unspecified atom stereocenters. The van der Waals surface area contributed by atoms with Crippen LogP contribution in [0.5, 0.6) is 0 Å². The monoisotopic (exact) mass is 662 g/mol. The third-order valence-corrected chi connectivity index (χ3v) is 8.36. The highest BCUT2D eigenvalue weighted by molar-refractivity contribution is 7.47. The van der Waals surface area contributed by atoms with Crippen LogP contribution in [0.2, 0.25) is 0 Å². The number of ether oxygens (including phenoxy) is 2. The Labute approximate surface area is 244 Å². The van der Waals surface area contributed by atoms with Crippen LogP contribution in [0.25, 0.3) is 22.3 Å². The maximum absolute atomic E-state index is 13.8. The van der Waals surface area contributed by atoms with Gasteiger partial charge in [-0.15, -0.1) is 0 Å². The van der Waals surface area contributed by atoms with Crippen molar-refractivity contribution in [2.24, 2.45) is 0 Å². The van der Waals surface area contributed by atoms with Crippen molar-refractivity contribution in [1.82, 2.24) is 39.0 Å². The van der Waals surface area contributed by atoms with Gasteiger partial charge in [-0.25, -0.2) is 19.1 Å². The molecule has 0 amide bonds. The molecule has 6 rings (SSSR count). The van der Waals surface area contributed by atoms with Gasteiger partial charge in [-0.3, -0.25) is 32.5 Å². The zero-order valence-electron chi connectivity index (χ0n) is 22.2. The number of nitrogens with two attached hydrogens (primary N) is 2. The van der Waals surface area contributed by atoms with Crippen molar-refractivity contribution in [3.8, 4) is 0 Å². The number of hydrogen-bond acceptors (Lipinski definition) is 15. The summed E-state index contributed by atoms with van der Waals surface area (Å²) in [5.41, 5.74) is 11.1. The molecular formula is C20H25FN10O11P2. The maximum Gasteiger partial charge on any atom is 0.472 e. The highest BCUT2D eigenvalue weighted by Crippen LogP contribution is 2.50. The number of nitrogens with one attached hydrogen (secondary N) is 1. The lowest BCUT2D eigenvalue weighted by Crippen LogP contribution is -2.28. The van der Waals surface area contributed by atoms with E-state index in [9.17, 15) is 23.2 Å². The topological polar surface area (TPSA) is 300 Å². The van der Waals surface area contributed by atoms with E-state index in [1.165, 1.54) is 21.8 Å². The molecule has 0 saturated carbocycles. The number of nitrogen functional groups attached to an aromatic ring is 2. The molecule has 2 aliphatic heterocycles. The molecular weight excluding hydrogens is 637 g/mol. The molecule has 0 radical (unpaired) electrons. The summed E-state index contributed by atoms with van der Waals surface area (Å²) < 4.78 is 67.6. The summed E-state index contributed by atoms with van der Waals surface area (Å²) >= 11 is 0. The highest BCUT2D eigenvalue weighted by Gasteiger charge is 2.43. The van der Waals surface area contributed by atoms with Crippen molar-refractivity contribution in [3.05, 3.63) is 29.1 Å². The first-order valence-corrected chi connectivity index (χ1v) is 15.8. The molecule has 44 heavy (non-hydrogen) atoms. The molecule has 0 aliphatic carbocycles. The number of aromatic amines is 1. The van der Waals surface area contributed by atoms with E-state index in [0.29, 0.717) is 12.8 Å². The van der Waals surface area contributed by atoms with E-state index in [4.69, 9.17) is 39.8 Å². The lowest BCUT2D eigenvalue weighted by atomic mass is 10.2. The Kier molecular flexibility index (Phi) is 7.99. The molecule has 2 aliphatic rings. The normalized spacial score (nSPS) is 25.7. The Morgan fingerprint density at radius 3 is 2.43 bits per heavy atom. The van der Waals surface area contributed by atoms with Crippen molar-refractivity contribution in [3.63, 3.8) is 0 Å². The number of aromatic nitrogens is 8. The largest absolute Gasteiger partial charge is 0.472 e. The molecule has 0 bridgehead atoms. The average molecular weight is 662 g/mol. The van der Waals surface area contributed by atoms with Crippen molar-refractivity contribution in [2.75, 3.05) is 24.7 Å². The van der Waals surface area contributed by atoms with Crippen molar-refractivity contribution in [2.45, 2.75) is 50.0 Å². The predicted octanol–water partition coefficient (Wildman–Crippen LogP) is -0.160. The van der Waals surface area contributed by atoms with Gasteiger partial charge in [0.2, 0.25) is 5.95 Å². The van der Waals surface area contributed by atoms with Crippen LogP contribution in [0.1, 0.15) is 31.7 Å². The molecule has 6 heterocycles. The summed E-state index contributed by atoms with van der Waals surface area (Å²) in [7, 11) is -9.79. The van der Waals surface area contributed by atoms with Gasteiger partial charge in [0.1, 0.15) is 24.7 Å². The summed E-state index contributed by atoms with van der Waals surface area (Å²) in [5, 5.41) is 0. The first kappa shape index (κ1) is 30.6. The molecule has 2 fully saturated rings. The highest BCUT2D eigenvalue weighted by atomic mass is 31.2. The molecule has 238 valence electrons. The van der Waals surface area contributed by atoms with Crippen LogP contribution in [0.3, 0.4) is 0 Å². The fourth-order valence-electron chi connectivity index (χ4n) is 4.97. The second-order valence-electron chi connectivity index (χ2n) is 9.83. The molecule has 8 N–H and O–H groups in total. The number of phosphoric ester groups is 2. The Morgan fingerprint density at radius 2 is 1.68 bits per heavy atom. The lowest BCUT2D eigenvalue weighted by Gasteiger charge is -2.22. The Bertz CT molecular complexity index is 1860. The Balaban J connectivity index is 1.12. The first-order chi connectivity index (χ1) is 20.8. The van der Waals surface area contributed by atoms with E-state index >= 15 is 0 Å². The minimum atomic E-state index is -4.96. The smallest absolute Gasteiger partial charge is 0.382 e. The number of phosphoric acid groups is 2. The van der Waals surface area contributed by atoms with Crippen molar-refractivity contribution < 1.29 is 51.2 Å². The number of imidazole rings is 2. The summed E-state index contributed by atoms with van der Waals surface area (Å²) in [6.45, 7) is -1.12. The molecule has 2 saturated heterocycles. The van der Waals surface area contributed by atoms with Crippen molar-refractivity contribution in [1.29, 1.82) is 0 Å².